The van der Waals surface area contributed by atoms with E-state index in [1.807, 2.05) is 6.07 Å². The maximum Gasteiger partial charge on any atom is 0.328 e. The van der Waals surface area contributed by atoms with Crippen molar-refractivity contribution in [3.63, 3.8) is 0 Å². The Labute approximate surface area is 110 Å². The Kier molecular flexibility index (Phi) is 4.52. The minimum absolute atomic E-state index is 0.296. The number of thiophene rings is 1. The zero-order valence-electron chi connectivity index (χ0n) is 10.3. The highest BCUT2D eigenvalue weighted by molar-refractivity contribution is 7.12. The predicted octanol–water partition coefficient (Wildman–Crippen LogP) is 2.07. The molecular weight excluding hydrogens is 250 g/mol. The number of ether oxygens (including phenoxy) is 1. The van der Waals surface area contributed by atoms with Crippen LogP contribution < -0.4 is 0 Å². The summed E-state index contributed by atoms with van der Waals surface area (Å²) in [6.07, 6.45) is 3.11. The van der Waals surface area contributed by atoms with E-state index < -0.39 is 5.97 Å². The average Bonchev–Trinajstić information content (AvgIpc) is 2.74. The van der Waals surface area contributed by atoms with E-state index in [9.17, 15) is 4.79 Å². The third kappa shape index (κ3) is 3.94. The number of nitrogens with zero attached hydrogens (tertiary/aromatic N) is 1. The van der Waals surface area contributed by atoms with Gasteiger partial charge in [0.05, 0.1) is 12.7 Å². The molecule has 1 unspecified atom stereocenters. The Morgan fingerprint density at radius 1 is 1.67 bits per heavy atom. The lowest BCUT2D eigenvalue weighted by Gasteiger charge is -2.30. The van der Waals surface area contributed by atoms with E-state index in [1.54, 1.807) is 17.4 Å². The van der Waals surface area contributed by atoms with Crippen molar-refractivity contribution in [1.29, 1.82) is 0 Å². The molecule has 1 aliphatic rings. The Morgan fingerprint density at radius 2 is 2.50 bits per heavy atom. The molecule has 1 saturated heterocycles. The SMILES string of the molecule is CC1CN(Cc2ccc(C=CC(=O)O)s2)CCO1. The van der Waals surface area contributed by atoms with Gasteiger partial charge < -0.3 is 9.84 Å². The van der Waals surface area contributed by atoms with Crippen LogP contribution in [0.4, 0.5) is 0 Å². The first-order chi connectivity index (χ1) is 8.63. The fourth-order valence-corrected chi connectivity index (χ4v) is 2.94. The highest BCUT2D eigenvalue weighted by Gasteiger charge is 2.16. The maximum absolute atomic E-state index is 10.4. The van der Waals surface area contributed by atoms with Crippen molar-refractivity contribution in [1.82, 2.24) is 4.90 Å². The van der Waals surface area contributed by atoms with E-state index in [1.165, 1.54) is 11.0 Å². The maximum atomic E-state index is 10.4. The third-order valence-corrected chi connectivity index (χ3v) is 3.81. The van der Waals surface area contributed by atoms with Crippen LogP contribution in [0.15, 0.2) is 18.2 Å². The number of hydrogen-bond acceptors (Lipinski definition) is 4. The Bertz CT molecular complexity index is 441. The van der Waals surface area contributed by atoms with E-state index in [0.717, 1.165) is 31.1 Å². The molecule has 1 N–H and O–H groups in total. The van der Waals surface area contributed by atoms with Crippen LogP contribution in [0.25, 0.3) is 6.08 Å². The Hall–Kier alpha value is -1.17. The van der Waals surface area contributed by atoms with Crippen LogP contribution in [-0.4, -0.2) is 41.8 Å². The number of rotatable bonds is 4. The van der Waals surface area contributed by atoms with E-state index in [2.05, 4.69) is 17.9 Å². The molecule has 0 spiro atoms. The molecule has 0 radical (unpaired) electrons. The van der Waals surface area contributed by atoms with Crippen LogP contribution >= 0.6 is 11.3 Å². The molecule has 0 aromatic carbocycles. The summed E-state index contributed by atoms with van der Waals surface area (Å²) in [6, 6.07) is 4.02. The predicted molar refractivity (Wildman–Crippen MR) is 71.7 cm³/mol. The molecular formula is C13H17NO3S. The number of aliphatic carboxylic acids is 1. The summed E-state index contributed by atoms with van der Waals surface area (Å²) >= 11 is 1.64. The van der Waals surface area contributed by atoms with Crippen molar-refractivity contribution in [2.45, 2.75) is 19.6 Å². The molecule has 5 heteroatoms. The second kappa shape index (κ2) is 6.13. The molecule has 98 valence electrons. The molecule has 1 aromatic rings. The monoisotopic (exact) mass is 267 g/mol. The fraction of sp³-hybridized carbons (Fsp3) is 0.462. The summed E-state index contributed by atoms with van der Waals surface area (Å²) in [5.41, 5.74) is 0. The minimum atomic E-state index is -0.910. The summed E-state index contributed by atoms with van der Waals surface area (Å²) in [6.45, 7) is 5.71. The van der Waals surface area contributed by atoms with E-state index in [-0.39, 0.29) is 0 Å². The standard InChI is InChI=1S/C13H17NO3S/c1-10-8-14(6-7-17-10)9-12-3-2-11(18-12)4-5-13(15)16/h2-5,10H,6-9H2,1H3,(H,15,16). The van der Waals surface area contributed by atoms with Crippen molar-refractivity contribution in [3.05, 3.63) is 28.0 Å². The summed E-state index contributed by atoms with van der Waals surface area (Å²) < 4.78 is 5.50. The van der Waals surface area contributed by atoms with Gasteiger partial charge in [-0.1, -0.05) is 0 Å². The molecule has 0 amide bonds. The molecule has 2 rings (SSSR count). The third-order valence-electron chi connectivity index (χ3n) is 2.78. The van der Waals surface area contributed by atoms with E-state index in [0.29, 0.717) is 6.10 Å². The van der Waals surface area contributed by atoms with Gasteiger partial charge in [0.2, 0.25) is 0 Å². The molecule has 2 heterocycles. The molecule has 0 saturated carbocycles. The van der Waals surface area contributed by atoms with Crippen molar-refractivity contribution >= 4 is 23.4 Å². The number of morpholine rings is 1. The zero-order chi connectivity index (χ0) is 13.0. The van der Waals surface area contributed by atoms with Crippen molar-refractivity contribution in [2.24, 2.45) is 0 Å². The van der Waals surface area contributed by atoms with Gasteiger partial charge in [0, 0.05) is 35.5 Å². The average molecular weight is 267 g/mol. The zero-order valence-corrected chi connectivity index (χ0v) is 11.2. The molecule has 18 heavy (non-hydrogen) atoms. The lowest BCUT2D eigenvalue weighted by atomic mass is 10.3. The second-order valence-electron chi connectivity index (χ2n) is 4.39. The van der Waals surface area contributed by atoms with Crippen molar-refractivity contribution < 1.29 is 14.6 Å². The van der Waals surface area contributed by atoms with E-state index >= 15 is 0 Å². The summed E-state index contributed by atoms with van der Waals surface area (Å²) in [7, 11) is 0. The lowest BCUT2D eigenvalue weighted by molar-refractivity contribution is -0.131. The van der Waals surface area contributed by atoms with Crippen LogP contribution in [0.1, 0.15) is 16.7 Å². The first-order valence-corrected chi connectivity index (χ1v) is 6.79. The van der Waals surface area contributed by atoms with Crippen LogP contribution in [-0.2, 0) is 16.1 Å². The number of carbonyl (C=O) groups is 1. The van der Waals surface area contributed by atoms with Gasteiger partial charge >= 0.3 is 5.97 Å². The van der Waals surface area contributed by atoms with Gasteiger partial charge in [0.25, 0.3) is 0 Å². The van der Waals surface area contributed by atoms with Gasteiger partial charge in [0.1, 0.15) is 0 Å². The summed E-state index contributed by atoms with van der Waals surface area (Å²) in [5, 5.41) is 8.57. The lowest BCUT2D eigenvalue weighted by Crippen LogP contribution is -2.40. The van der Waals surface area contributed by atoms with Gasteiger partial charge in [-0.05, 0) is 25.1 Å². The van der Waals surface area contributed by atoms with E-state index in [4.69, 9.17) is 9.84 Å². The van der Waals surface area contributed by atoms with Crippen molar-refractivity contribution in [2.75, 3.05) is 19.7 Å². The second-order valence-corrected chi connectivity index (χ2v) is 5.59. The molecule has 1 fully saturated rings. The molecule has 0 bridgehead atoms. The normalized spacial score (nSPS) is 21.5. The first kappa shape index (κ1) is 13.3. The number of carboxylic acid groups (broad SMARTS) is 1. The van der Waals surface area contributed by atoms with Crippen LogP contribution in [0.5, 0.6) is 0 Å². The molecule has 1 atom stereocenters. The molecule has 0 aliphatic carbocycles. The fourth-order valence-electron chi connectivity index (χ4n) is 1.98. The minimum Gasteiger partial charge on any atom is -0.478 e. The van der Waals surface area contributed by atoms with Gasteiger partial charge in [-0.15, -0.1) is 11.3 Å². The van der Waals surface area contributed by atoms with Gasteiger partial charge in [-0.3, -0.25) is 4.90 Å². The van der Waals surface area contributed by atoms with Crippen molar-refractivity contribution in [3.8, 4) is 0 Å². The largest absolute Gasteiger partial charge is 0.478 e. The van der Waals surface area contributed by atoms with Crippen LogP contribution in [0.3, 0.4) is 0 Å². The first-order valence-electron chi connectivity index (χ1n) is 5.97. The highest BCUT2D eigenvalue weighted by atomic mass is 32.1. The Balaban J connectivity index is 1.91. The molecule has 4 nitrogen and oxygen atoms in total. The van der Waals surface area contributed by atoms with Gasteiger partial charge in [-0.25, -0.2) is 4.79 Å². The quantitative estimate of drug-likeness (QED) is 0.848. The van der Waals surface area contributed by atoms with Crippen LogP contribution in [0.2, 0.25) is 0 Å². The Morgan fingerprint density at radius 3 is 3.22 bits per heavy atom. The number of carboxylic acids is 1. The smallest absolute Gasteiger partial charge is 0.328 e. The summed E-state index contributed by atoms with van der Waals surface area (Å²) in [5.74, 6) is -0.910. The highest BCUT2D eigenvalue weighted by Crippen LogP contribution is 2.20. The molecule has 1 aliphatic heterocycles. The van der Waals surface area contributed by atoms with Gasteiger partial charge in [-0.2, -0.15) is 0 Å². The van der Waals surface area contributed by atoms with Gasteiger partial charge in [0.15, 0.2) is 0 Å². The summed E-state index contributed by atoms with van der Waals surface area (Å²) in [4.78, 5) is 15.0. The number of hydrogen-bond donors (Lipinski definition) is 1. The topological polar surface area (TPSA) is 49.8 Å². The molecule has 1 aromatic heterocycles. The van der Waals surface area contributed by atoms with Crippen LogP contribution in [0, 0.1) is 0 Å².